The highest BCUT2D eigenvalue weighted by molar-refractivity contribution is 5.69. The third-order valence-corrected chi connectivity index (χ3v) is 5.67. The molecule has 0 heterocycles. The van der Waals surface area contributed by atoms with Gasteiger partial charge in [0.2, 0.25) is 0 Å². The quantitative estimate of drug-likeness (QED) is 0.0602. The molecule has 0 rings (SSSR count). The number of carbonyl (C=O) groups excluding carboxylic acids is 1. The van der Waals surface area contributed by atoms with Crippen molar-refractivity contribution in [2.24, 2.45) is 0 Å². The Morgan fingerprint density at radius 2 is 1.26 bits per heavy atom. The summed E-state index contributed by atoms with van der Waals surface area (Å²) in [6.45, 7) is 6.11. The summed E-state index contributed by atoms with van der Waals surface area (Å²) in [7, 11) is 0. The lowest BCUT2D eigenvalue weighted by atomic mass is 10.1. The van der Waals surface area contributed by atoms with Crippen LogP contribution in [-0.4, -0.2) is 55.0 Å². The normalized spacial score (nSPS) is 12.8. The van der Waals surface area contributed by atoms with Crippen LogP contribution < -0.4 is 0 Å². The van der Waals surface area contributed by atoms with Gasteiger partial charge in [-0.15, -0.1) is 0 Å². The smallest absolute Gasteiger partial charge is 0.305 e. The number of hydrogen-bond acceptors (Lipinski definition) is 6. The van der Waals surface area contributed by atoms with Crippen LogP contribution in [-0.2, 0) is 19.0 Å². The van der Waals surface area contributed by atoms with Crippen LogP contribution in [0.15, 0.2) is 24.3 Å². The van der Waals surface area contributed by atoms with Gasteiger partial charge in [-0.05, 0) is 89.9 Å². The molecule has 0 saturated carbocycles. The molecule has 0 bridgehead atoms. The lowest BCUT2D eigenvalue weighted by molar-refractivity contribution is -0.159. The number of allylic oxidation sites excluding steroid dienone is 4. The summed E-state index contributed by atoms with van der Waals surface area (Å²) in [6, 6.07) is 0. The molecule has 1 unspecified atom stereocenters. The van der Waals surface area contributed by atoms with E-state index in [4.69, 9.17) is 19.3 Å². The standard InChI is InChI=1S/C29H54O6/c1-3-5-7-9-11-16-25-34-29(35-26-17-12-10-8-6-4-2)22-21-28(32)33-24-18-14-20-27(31)19-13-15-23-30/h5-8,27,29-31H,3-4,9-26H2,1-2H3/b7-5-,8-6-. The van der Waals surface area contributed by atoms with Crippen molar-refractivity contribution < 1.29 is 29.2 Å². The van der Waals surface area contributed by atoms with Gasteiger partial charge in [0.15, 0.2) is 6.29 Å². The minimum Gasteiger partial charge on any atom is -0.466 e. The number of esters is 1. The molecule has 0 aliphatic carbocycles. The maximum atomic E-state index is 12.2. The van der Waals surface area contributed by atoms with Crippen molar-refractivity contribution in [2.45, 2.75) is 129 Å². The van der Waals surface area contributed by atoms with Gasteiger partial charge in [-0.1, -0.05) is 38.2 Å². The summed E-state index contributed by atoms with van der Waals surface area (Å²) >= 11 is 0. The monoisotopic (exact) mass is 498 g/mol. The van der Waals surface area contributed by atoms with Gasteiger partial charge in [0.05, 0.1) is 19.1 Å². The fourth-order valence-electron chi connectivity index (χ4n) is 3.55. The van der Waals surface area contributed by atoms with E-state index in [1.807, 2.05) is 0 Å². The summed E-state index contributed by atoms with van der Waals surface area (Å²) in [5, 5.41) is 18.7. The van der Waals surface area contributed by atoms with Crippen molar-refractivity contribution in [3.63, 3.8) is 0 Å². The van der Waals surface area contributed by atoms with E-state index < -0.39 is 0 Å². The average molecular weight is 499 g/mol. The first kappa shape index (κ1) is 33.8. The minimum absolute atomic E-state index is 0.174. The topological polar surface area (TPSA) is 85.2 Å². The van der Waals surface area contributed by atoms with Crippen LogP contribution in [0.2, 0.25) is 0 Å². The van der Waals surface area contributed by atoms with Crippen LogP contribution in [0.25, 0.3) is 0 Å². The van der Waals surface area contributed by atoms with Gasteiger partial charge in [0, 0.05) is 26.2 Å². The zero-order chi connectivity index (χ0) is 25.8. The van der Waals surface area contributed by atoms with Gasteiger partial charge in [-0.25, -0.2) is 0 Å². The molecule has 0 aromatic rings. The van der Waals surface area contributed by atoms with E-state index in [-0.39, 0.29) is 31.4 Å². The van der Waals surface area contributed by atoms with E-state index in [0.29, 0.717) is 39.1 Å². The van der Waals surface area contributed by atoms with Crippen molar-refractivity contribution >= 4 is 5.97 Å². The van der Waals surface area contributed by atoms with Gasteiger partial charge >= 0.3 is 5.97 Å². The molecule has 0 radical (unpaired) electrons. The first-order chi connectivity index (χ1) is 17.1. The first-order valence-electron chi connectivity index (χ1n) is 14.1. The number of rotatable bonds is 26. The minimum atomic E-state index is -0.367. The molecule has 1 atom stereocenters. The van der Waals surface area contributed by atoms with E-state index in [1.54, 1.807) is 0 Å². The van der Waals surface area contributed by atoms with Crippen LogP contribution in [0.4, 0.5) is 0 Å². The Morgan fingerprint density at radius 1 is 0.714 bits per heavy atom. The second-order valence-corrected chi connectivity index (χ2v) is 9.05. The fraction of sp³-hybridized carbons (Fsp3) is 0.828. The number of carbonyl (C=O) groups is 1. The Morgan fingerprint density at radius 3 is 1.80 bits per heavy atom. The number of aliphatic hydroxyl groups is 2. The van der Waals surface area contributed by atoms with Gasteiger partial charge in [0.25, 0.3) is 0 Å². The van der Waals surface area contributed by atoms with Gasteiger partial charge < -0.3 is 24.4 Å². The van der Waals surface area contributed by atoms with Crippen LogP contribution in [0.3, 0.4) is 0 Å². The molecule has 0 amide bonds. The zero-order valence-corrected chi connectivity index (χ0v) is 22.6. The maximum absolute atomic E-state index is 12.2. The third-order valence-electron chi connectivity index (χ3n) is 5.67. The summed E-state index contributed by atoms with van der Waals surface area (Å²) in [5.41, 5.74) is 0. The molecule has 0 fully saturated rings. The Bertz CT molecular complexity index is 481. The van der Waals surface area contributed by atoms with Crippen LogP contribution in [0.1, 0.15) is 117 Å². The van der Waals surface area contributed by atoms with E-state index in [2.05, 4.69) is 38.2 Å². The zero-order valence-electron chi connectivity index (χ0n) is 22.6. The second kappa shape index (κ2) is 27.4. The molecule has 0 saturated heterocycles. The second-order valence-electron chi connectivity index (χ2n) is 9.05. The Hall–Kier alpha value is -1.21. The fourth-order valence-corrected chi connectivity index (χ4v) is 3.55. The van der Waals surface area contributed by atoms with Gasteiger partial charge in [-0.2, -0.15) is 0 Å². The van der Waals surface area contributed by atoms with E-state index >= 15 is 0 Å². The largest absolute Gasteiger partial charge is 0.466 e. The van der Waals surface area contributed by atoms with E-state index in [0.717, 1.165) is 77.0 Å². The van der Waals surface area contributed by atoms with E-state index in [9.17, 15) is 9.90 Å². The predicted molar refractivity (Wildman–Crippen MR) is 143 cm³/mol. The predicted octanol–water partition coefficient (Wildman–Crippen LogP) is 6.64. The highest BCUT2D eigenvalue weighted by Gasteiger charge is 2.13. The molecule has 206 valence electrons. The number of aliphatic hydroxyl groups excluding tert-OH is 2. The molecule has 6 nitrogen and oxygen atoms in total. The number of ether oxygens (including phenoxy) is 3. The Labute approximate surface area is 215 Å². The third kappa shape index (κ3) is 25.7. The van der Waals surface area contributed by atoms with Gasteiger partial charge in [-0.3, -0.25) is 4.79 Å². The molecule has 0 spiro atoms. The Balaban J connectivity index is 4.09. The molecule has 2 N–H and O–H groups in total. The lowest BCUT2D eigenvalue weighted by Gasteiger charge is -2.18. The van der Waals surface area contributed by atoms with Crippen molar-refractivity contribution in [2.75, 3.05) is 26.4 Å². The highest BCUT2D eigenvalue weighted by Crippen LogP contribution is 2.11. The van der Waals surface area contributed by atoms with Gasteiger partial charge in [0.1, 0.15) is 0 Å². The summed E-state index contributed by atoms with van der Waals surface area (Å²) < 4.78 is 17.2. The number of unbranched alkanes of at least 4 members (excludes halogenated alkanes) is 6. The van der Waals surface area contributed by atoms with Crippen molar-refractivity contribution in [1.29, 1.82) is 0 Å². The lowest BCUT2D eigenvalue weighted by Crippen LogP contribution is -2.21. The molecule has 0 aromatic carbocycles. The molecule has 0 aliphatic heterocycles. The molecule has 0 aliphatic rings. The molecule has 6 heteroatoms. The molecular weight excluding hydrogens is 444 g/mol. The molecule has 35 heavy (non-hydrogen) atoms. The molecular formula is C29H54O6. The highest BCUT2D eigenvalue weighted by atomic mass is 16.7. The summed E-state index contributed by atoms with van der Waals surface area (Å²) in [5.74, 6) is -0.222. The van der Waals surface area contributed by atoms with Crippen LogP contribution in [0.5, 0.6) is 0 Å². The summed E-state index contributed by atoms with van der Waals surface area (Å²) in [4.78, 5) is 12.2. The van der Waals surface area contributed by atoms with Crippen LogP contribution in [0, 0.1) is 0 Å². The Kier molecular flexibility index (Phi) is 26.4. The molecule has 0 aromatic heterocycles. The summed E-state index contributed by atoms with van der Waals surface area (Å²) in [6.07, 6.45) is 21.9. The first-order valence-corrected chi connectivity index (χ1v) is 14.1. The van der Waals surface area contributed by atoms with Crippen molar-refractivity contribution in [3.8, 4) is 0 Å². The van der Waals surface area contributed by atoms with Crippen LogP contribution >= 0.6 is 0 Å². The van der Waals surface area contributed by atoms with Crippen molar-refractivity contribution in [3.05, 3.63) is 24.3 Å². The maximum Gasteiger partial charge on any atom is 0.305 e. The average Bonchev–Trinajstić information content (AvgIpc) is 2.85. The van der Waals surface area contributed by atoms with E-state index in [1.165, 1.54) is 0 Å². The van der Waals surface area contributed by atoms with Crippen molar-refractivity contribution in [1.82, 2.24) is 0 Å². The number of hydrogen-bond donors (Lipinski definition) is 2. The SMILES string of the molecule is CC/C=C\CCCCOC(CCC(=O)OCCCCC(O)CCCCO)OCCCC/C=C\CC.